The molecule has 0 atom stereocenters. The van der Waals surface area contributed by atoms with Crippen LogP contribution in [0.3, 0.4) is 0 Å². The Bertz CT molecular complexity index is 605. The van der Waals surface area contributed by atoms with E-state index in [0.717, 1.165) is 15.8 Å². The van der Waals surface area contributed by atoms with Gasteiger partial charge in [-0.05, 0) is 61.0 Å². The summed E-state index contributed by atoms with van der Waals surface area (Å²) in [5.74, 6) is 0.762. The lowest BCUT2D eigenvalue weighted by molar-refractivity contribution is 0.104. The maximum absolute atomic E-state index is 11.9. The monoisotopic (exact) mass is 316 g/mol. The Morgan fingerprint density at radius 1 is 1.16 bits per heavy atom. The van der Waals surface area contributed by atoms with E-state index in [-0.39, 0.29) is 5.78 Å². The third-order valence-corrected chi connectivity index (χ3v) is 3.07. The Kier molecular flexibility index (Phi) is 4.53. The van der Waals surface area contributed by atoms with Gasteiger partial charge >= 0.3 is 0 Å². The minimum Gasteiger partial charge on any atom is -0.465 e. The summed E-state index contributed by atoms with van der Waals surface area (Å²) in [4.78, 5) is 11.9. The Morgan fingerprint density at radius 3 is 2.53 bits per heavy atom. The highest BCUT2D eigenvalue weighted by atomic mass is 79.9. The molecule has 2 nitrogen and oxygen atoms in total. The molecule has 19 heavy (non-hydrogen) atoms. The van der Waals surface area contributed by atoms with Gasteiger partial charge in [0.05, 0.1) is 6.26 Å². The molecule has 0 bridgehead atoms. The molecular formula is C16H13BrO2. The van der Waals surface area contributed by atoms with Crippen LogP contribution in [0.2, 0.25) is 0 Å². The fraction of sp³-hybridized carbons (Fsp3) is 0.0625. The van der Waals surface area contributed by atoms with E-state index in [1.165, 1.54) is 0 Å². The average molecular weight is 317 g/mol. The van der Waals surface area contributed by atoms with Crippen molar-refractivity contribution in [3.8, 4) is 0 Å². The quantitative estimate of drug-likeness (QED) is 0.457. The second-order valence-corrected chi connectivity index (χ2v) is 5.02. The van der Waals surface area contributed by atoms with Crippen LogP contribution in [0.25, 0.3) is 6.08 Å². The molecule has 2 rings (SSSR count). The molecule has 0 fully saturated rings. The maximum atomic E-state index is 11.9. The number of hydrogen-bond donors (Lipinski definition) is 0. The first-order valence-corrected chi connectivity index (χ1v) is 6.64. The fourth-order valence-electron chi connectivity index (χ4n) is 1.56. The third-order valence-electron chi connectivity index (χ3n) is 2.54. The summed E-state index contributed by atoms with van der Waals surface area (Å²) < 4.78 is 6.17. The van der Waals surface area contributed by atoms with E-state index < -0.39 is 0 Å². The summed E-state index contributed by atoms with van der Waals surface area (Å²) in [7, 11) is 0. The van der Waals surface area contributed by atoms with Gasteiger partial charge in [-0.25, -0.2) is 0 Å². The van der Waals surface area contributed by atoms with Gasteiger partial charge in [-0.1, -0.05) is 22.0 Å². The van der Waals surface area contributed by atoms with Gasteiger partial charge in [0.2, 0.25) is 0 Å². The van der Waals surface area contributed by atoms with E-state index >= 15 is 0 Å². The summed E-state index contributed by atoms with van der Waals surface area (Å²) in [6.07, 6.45) is 6.85. The highest BCUT2D eigenvalue weighted by molar-refractivity contribution is 9.10. The molecule has 3 heteroatoms. The molecule has 0 radical (unpaired) electrons. The molecule has 0 aliphatic rings. The van der Waals surface area contributed by atoms with Crippen LogP contribution in [0.4, 0.5) is 0 Å². The molecule has 0 unspecified atom stereocenters. The minimum atomic E-state index is -0.0142. The van der Waals surface area contributed by atoms with Gasteiger partial charge in [0.1, 0.15) is 5.76 Å². The Morgan fingerprint density at radius 2 is 1.89 bits per heavy atom. The van der Waals surface area contributed by atoms with Crippen LogP contribution in [0, 0.1) is 0 Å². The zero-order chi connectivity index (χ0) is 13.7. The number of carbonyl (C=O) groups excluding carboxylic acids is 1. The van der Waals surface area contributed by atoms with Gasteiger partial charge in [-0.3, -0.25) is 4.79 Å². The van der Waals surface area contributed by atoms with Gasteiger partial charge in [0, 0.05) is 10.0 Å². The minimum absolute atomic E-state index is 0.0142. The molecule has 0 saturated heterocycles. The Balaban J connectivity index is 2.06. The molecule has 0 saturated carbocycles. The molecule has 1 aromatic carbocycles. The van der Waals surface area contributed by atoms with Crippen molar-refractivity contribution in [3.05, 3.63) is 76.2 Å². The maximum Gasteiger partial charge on any atom is 0.185 e. The van der Waals surface area contributed by atoms with Crippen LogP contribution < -0.4 is 0 Å². The lowest BCUT2D eigenvalue weighted by Gasteiger charge is -1.96. The van der Waals surface area contributed by atoms with E-state index in [9.17, 15) is 4.79 Å². The number of benzene rings is 1. The van der Waals surface area contributed by atoms with Gasteiger partial charge in [0.25, 0.3) is 0 Å². The highest BCUT2D eigenvalue weighted by Crippen LogP contribution is 2.12. The fourth-order valence-corrected chi connectivity index (χ4v) is 1.83. The first kappa shape index (κ1) is 13.6. The zero-order valence-corrected chi connectivity index (χ0v) is 12.1. The van der Waals surface area contributed by atoms with Crippen LogP contribution in [-0.2, 0) is 0 Å². The van der Waals surface area contributed by atoms with Crippen molar-refractivity contribution in [2.45, 2.75) is 6.92 Å². The van der Waals surface area contributed by atoms with Gasteiger partial charge < -0.3 is 4.42 Å². The number of ketones is 1. The number of carbonyl (C=O) groups is 1. The van der Waals surface area contributed by atoms with E-state index in [2.05, 4.69) is 15.9 Å². The molecule has 2 aromatic rings. The van der Waals surface area contributed by atoms with E-state index in [1.807, 2.05) is 37.3 Å². The predicted octanol–water partition coefficient (Wildman–Crippen LogP) is 4.88. The summed E-state index contributed by atoms with van der Waals surface area (Å²) in [6, 6.07) is 11.0. The molecule has 96 valence electrons. The highest BCUT2D eigenvalue weighted by Gasteiger charge is 2.00. The summed E-state index contributed by atoms with van der Waals surface area (Å²) in [5.41, 5.74) is 1.63. The largest absolute Gasteiger partial charge is 0.465 e. The summed E-state index contributed by atoms with van der Waals surface area (Å²) in [5, 5.41) is 0. The van der Waals surface area contributed by atoms with Gasteiger partial charge in [-0.15, -0.1) is 0 Å². The van der Waals surface area contributed by atoms with Crippen molar-refractivity contribution in [3.63, 3.8) is 0 Å². The van der Waals surface area contributed by atoms with E-state index in [1.54, 1.807) is 30.5 Å². The SMILES string of the molecule is CC(/C=C/C(=O)c1ccc(Br)cc1)=C\c1ccco1. The lowest BCUT2D eigenvalue weighted by atomic mass is 10.1. The smallest absolute Gasteiger partial charge is 0.185 e. The van der Waals surface area contributed by atoms with Gasteiger partial charge in [0.15, 0.2) is 5.78 Å². The average Bonchev–Trinajstić information content (AvgIpc) is 2.89. The van der Waals surface area contributed by atoms with E-state index in [4.69, 9.17) is 4.42 Å². The van der Waals surface area contributed by atoms with Crippen LogP contribution in [0.15, 0.2) is 69.3 Å². The standard InChI is InChI=1S/C16H13BrO2/c1-12(11-15-3-2-10-19-15)4-9-16(18)13-5-7-14(17)8-6-13/h2-11H,1H3/b9-4+,12-11+. The molecule has 0 aliphatic heterocycles. The molecule has 0 spiro atoms. The lowest BCUT2D eigenvalue weighted by Crippen LogP contribution is -1.93. The van der Waals surface area contributed by atoms with Gasteiger partial charge in [-0.2, -0.15) is 0 Å². The number of hydrogen-bond acceptors (Lipinski definition) is 2. The Labute approximate surface area is 120 Å². The molecule has 1 heterocycles. The summed E-state index contributed by atoms with van der Waals surface area (Å²) >= 11 is 3.34. The number of furan rings is 1. The zero-order valence-electron chi connectivity index (χ0n) is 10.5. The molecule has 0 amide bonds. The normalized spacial score (nSPS) is 12.0. The summed E-state index contributed by atoms with van der Waals surface area (Å²) in [6.45, 7) is 1.92. The van der Waals surface area contributed by atoms with E-state index in [0.29, 0.717) is 5.56 Å². The molecule has 0 N–H and O–H groups in total. The predicted molar refractivity (Wildman–Crippen MR) is 80.0 cm³/mol. The topological polar surface area (TPSA) is 30.2 Å². The third kappa shape index (κ3) is 4.07. The second kappa shape index (κ2) is 6.34. The van der Waals surface area contributed by atoms with Crippen LogP contribution in [0.1, 0.15) is 23.0 Å². The molecule has 1 aromatic heterocycles. The van der Waals surface area contributed by atoms with Crippen molar-refractivity contribution in [2.24, 2.45) is 0 Å². The number of allylic oxidation sites excluding steroid dienone is 3. The Hall–Kier alpha value is -1.87. The molecule has 0 aliphatic carbocycles. The van der Waals surface area contributed by atoms with Crippen LogP contribution in [0.5, 0.6) is 0 Å². The first-order valence-electron chi connectivity index (χ1n) is 5.85. The second-order valence-electron chi connectivity index (χ2n) is 4.11. The van der Waals surface area contributed by atoms with Crippen LogP contribution >= 0.6 is 15.9 Å². The molecular weight excluding hydrogens is 304 g/mol. The first-order chi connectivity index (χ1) is 9.15. The van der Waals surface area contributed by atoms with Crippen molar-refractivity contribution in [1.29, 1.82) is 0 Å². The van der Waals surface area contributed by atoms with Crippen molar-refractivity contribution >= 4 is 27.8 Å². The van der Waals surface area contributed by atoms with Crippen molar-refractivity contribution in [1.82, 2.24) is 0 Å². The number of halogens is 1. The number of rotatable bonds is 4. The van der Waals surface area contributed by atoms with Crippen LogP contribution in [-0.4, -0.2) is 5.78 Å². The van der Waals surface area contributed by atoms with Crippen molar-refractivity contribution < 1.29 is 9.21 Å². The van der Waals surface area contributed by atoms with Crippen molar-refractivity contribution in [2.75, 3.05) is 0 Å².